The van der Waals surface area contributed by atoms with Crippen molar-refractivity contribution in [3.8, 4) is 0 Å². The van der Waals surface area contributed by atoms with Crippen LogP contribution in [0.15, 0.2) is 33.6 Å². The molecule has 1 aliphatic rings. The van der Waals surface area contributed by atoms with Gasteiger partial charge >= 0.3 is 0 Å². The molecule has 0 saturated carbocycles. The Labute approximate surface area is 126 Å². The number of amides is 1. The van der Waals surface area contributed by atoms with Gasteiger partial charge in [-0.05, 0) is 44.0 Å². The Hall–Kier alpha value is -0.520. The van der Waals surface area contributed by atoms with Gasteiger partial charge in [0.2, 0.25) is 5.91 Å². The van der Waals surface area contributed by atoms with Crippen LogP contribution in [0.1, 0.15) is 19.8 Å². The molecule has 0 aliphatic carbocycles. The van der Waals surface area contributed by atoms with Crippen molar-refractivity contribution in [2.45, 2.75) is 36.0 Å². The molecule has 104 valence electrons. The smallest absolute Gasteiger partial charge is 0.233 e. The number of ether oxygens (including phenoxy) is 1. The van der Waals surface area contributed by atoms with Crippen LogP contribution in [0.4, 0.5) is 0 Å². The lowest BCUT2D eigenvalue weighted by atomic mass is 10.2. The second-order valence-corrected chi connectivity index (χ2v) is 6.92. The van der Waals surface area contributed by atoms with E-state index in [2.05, 4.69) is 21.2 Å². The first-order valence-corrected chi connectivity index (χ1v) is 8.14. The highest BCUT2D eigenvalue weighted by atomic mass is 79.9. The summed E-state index contributed by atoms with van der Waals surface area (Å²) in [4.78, 5) is 13.1. The molecule has 0 spiro atoms. The molecule has 2 unspecified atom stereocenters. The Morgan fingerprint density at radius 2 is 2.26 bits per heavy atom. The van der Waals surface area contributed by atoms with Gasteiger partial charge in [0.15, 0.2) is 0 Å². The van der Waals surface area contributed by atoms with E-state index in [1.54, 1.807) is 11.8 Å². The number of halogens is 1. The molecule has 2 rings (SSSR count). The highest BCUT2D eigenvalue weighted by molar-refractivity contribution is 9.10. The van der Waals surface area contributed by atoms with E-state index in [4.69, 9.17) is 4.74 Å². The van der Waals surface area contributed by atoms with Crippen molar-refractivity contribution < 1.29 is 9.53 Å². The van der Waals surface area contributed by atoms with Gasteiger partial charge in [-0.3, -0.25) is 4.79 Å². The van der Waals surface area contributed by atoms with Crippen molar-refractivity contribution in [3.05, 3.63) is 28.7 Å². The van der Waals surface area contributed by atoms with Crippen molar-refractivity contribution in [1.82, 2.24) is 5.32 Å². The lowest BCUT2D eigenvalue weighted by molar-refractivity contribution is -0.120. The molecule has 19 heavy (non-hydrogen) atoms. The van der Waals surface area contributed by atoms with Crippen molar-refractivity contribution in [3.63, 3.8) is 0 Å². The highest BCUT2D eigenvalue weighted by Gasteiger charge is 2.19. The summed E-state index contributed by atoms with van der Waals surface area (Å²) in [6.45, 7) is 3.38. The Morgan fingerprint density at radius 3 is 2.89 bits per heavy atom. The Balaban J connectivity index is 1.76. The van der Waals surface area contributed by atoms with E-state index in [0.29, 0.717) is 6.54 Å². The number of carbonyl (C=O) groups is 1. The van der Waals surface area contributed by atoms with Crippen LogP contribution in [0.2, 0.25) is 0 Å². The third-order valence-electron chi connectivity index (χ3n) is 3.02. The summed E-state index contributed by atoms with van der Waals surface area (Å²) >= 11 is 4.97. The molecule has 0 radical (unpaired) electrons. The largest absolute Gasteiger partial charge is 0.376 e. The molecule has 0 aromatic heterocycles. The molecule has 1 fully saturated rings. The van der Waals surface area contributed by atoms with Gasteiger partial charge in [0, 0.05) is 22.5 Å². The summed E-state index contributed by atoms with van der Waals surface area (Å²) < 4.78 is 6.54. The molecular weight excluding hydrogens is 326 g/mol. The molecular formula is C14H18BrNO2S. The molecule has 1 N–H and O–H groups in total. The van der Waals surface area contributed by atoms with E-state index in [1.807, 2.05) is 31.2 Å². The van der Waals surface area contributed by atoms with Crippen molar-refractivity contribution in [2.24, 2.45) is 0 Å². The zero-order valence-electron chi connectivity index (χ0n) is 10.9. The summed E-state index contributed by atoms with van der Waals surface area (Å²) in [7, 11) is 0. The summed E-state index contributed by atoms with van der Waals surface area (Å²) in [5.74, 6) is 0.0726. The topological polar surface area (TPSA) is 38.3 Å². The van der Waals surface area contributed by atoms with E-state index < -0.39 is 0 Å². The first kappa shape index (κ1) is 14.9. The van der Waals surface area contributed by atoms with E-state index >= 15 is 0 Å². The van der Waals surface area contributed by atoms with Crippen LogP contribution in [0.3, 0.4) is 0 Å². The number of benzene rings is 1. The third kappa shape index (κ3) is 4.82. The van der Waals surface area contributed by atoms with Crippen molar-refractivity contribution in [2.75, 3.05) is 13.2 Å². The first-order chi connectivity index (χ1) is 9.15. The molecule has 2 atom stereocenters. The first-order valence-electron chi connectivity index (χ1n) is 6.46. The fraction of sp³-hybridized carbons (Fsp3) is 0.500. The minimum Gasteiger partial charge on any atom is -0.376 e. The average Bonchev–Trinajstić information content (AvgIpc) is 2.91. The van der Waals surface area contributed by atoms with Gasteiger partial charge in [-0.1, -0.05) is 15.9 Å². The third-order valence-corrected chi connectivity index (χ3v) is 4.66. The summed E-state index contributed by atoms with van der Waals surface area (Å²) in [6.07, 6.45) is 2.35. The van der Waals surface area contributed by atoms with E-state index in [9.17, 15) is 4.79 Å². The van der Waals surface area contributed by atoms with Gasteiger partial charge in [0.05, 0.1) is 11.4 Å². The summed E-state index contributed by atoms with van der Waals surface area (Å²) in [6, 6.07) is 8.00. The lowest BCUT2D eigenvalue weighted by Crippen LogP contribution is -2.36. The molecule has 0 bridgehead atoms. The maximum absolute atomic E-state index is 12.0. The molecule has 1 aliphatic heterocycles. The Kier molecular flexibility index (Phi) is 5.73. The summed E-state index contributed by atoms with van der Waals surface area (Å²) in [5.41, 5.74) is 0. The number of thioether (sulfide) groups is 1. The van der Waals surface area contributed by atoms with Gasteiger partial charge in [-0.25, -0.2) is 0 Å². The average molecular weight is 344 g/mol. The minimum absolute atomic E-state index is 0.0726. The van der Waals surface area contributed by atoms with Crippen LogP contribution in [0.25, 0.3) is 0 Å². The molecule has 1 amide bonds. The molecule has 3 nitrogen and oxygen atoms in total. The number of carbonyl (C=O) groups excluding carboxylic acids is 1. The van der Waals surface area contributed by atoms with Crippen LogP contribution < -0.4 is 5.32 Å². The lowest BCUT2D eigenvalue weighted by Gasteiger charge is -2.14. The van der Waals surface area contributed by atoms with Gasteiger partial charge < -0.3 is 10.1 Å². The maximum Gasteiger partial charge on any atom is 0.233 e. The number of hydrogen-bond donors (Lipinski definition) is 1. The zero-order valence-corrected chi connectivity index (χ0v) is 13.3. The van der Waals surface area contributed by atoms with Crippen LogP contribution in [0, 0.1) is 0 Å². The monoisotopic (exact) mass is 343 g/mol. The number of nitrogens with one attached hydrogen (secondary N) is 1. The normalized spacial score (nSPS) is 20.2. The zero-order chi connectivity index (χ0) is 13.7. The van der Waals surface area contributed by atoms with E-state index in [0.717, 1.165) is 28.8 Å². The molecule has 1 aromatic carbocycles. The highest BCUT2D eigenvalue weighted by Crippen LogP contribution is 2.24. The molecule has 1 heterocycles. The second kappa shape index (κ2) is 7.31. The standard InChI is InChI=1S/C14H18BrNO2S/c1-10(19-13-6-4-11(15)5-7-13)14(17)16-9-12-3-2-8-18-12/h4-7,10,12H,2-3,8-9H2,1H3,(H,16,17). The van der Waals surface area contributed by atoms with Crippen LogP contribution in [-0.2, 0) is 9.53 Å². The van der Waals surface area contributed by atoms with Gasteiger partial charge in [-0.15, -0.1) is 11.8 Å². The van der Waals surface area contributed by atoms with Gasteiger partial charge in [0.25, 0.3) is 0 Å². The van der Waals surface area contributed by atoms with Gasteiger partial charge in [-0.2, -0.15) is 0 Å². The fourth-order valence-corrected chi connectivity index (χ4v) is 3.09. The van der Waals surface area contributed by atoms with Crippen LogP contribution >= 0.6 is 27.7 Å². The maximum atomic E-state index is 12.0. The van der Waals surface area contributed by atoms with Crippen LogP contribution in [-0.4, -0.2) is 30.4 Å². The Bertz CT molecular complexity index is 418. The van der Waals surface area contributed by atoms with E-state index in [1.165, 1.54) is 0 Å². The minimum atomic E-state index is -0.0948. The van der Waals surface area contributed by atoms with E-state index in [-0.39, 0.29) is 17.3 Å². The molecule has 1 saturated heterocycles. The SMILES string of the molecule is CC(Sc1ccc(Br)cc1)C(=O)NCC1CCCO1. The predicted molar refractivity (Wildman–Crippen MR) is 81.4 cm³/mol. The quantitative estimate of drug-likeness (QED) is 0.834. The Morgan fingerprint density at radius 1 is 1.53 bits per heavy atom. The van der Waals surface area contributed by atoms with Crippen molar-refractivity contribution >= 4 is 33.6 Å². The fourth-order valence-electron chi connectivity index (χ4n) is 1.93. The number of hydrogen-bond acceptors (Lipinski definition) is 3. The van der Waals surface area contributed by atoms with Gasteiger partial charge in [0.1, 0.15) is 0 Å². The molecule has 1 aromatic rings. The van der Waals surface area contributed by atoms with Crippen LogP contribution in [0.5, 0.6) is 0 Å². The van der Waals surface area contributed by atoms with Crippen molar-refractivity contribution in [1.29, 1.82) is 0 Å². The molecule has 5 heteroatoms. The summed E-state index contributed by atoms with van der Waals surface area (Å²) in [5, 5.41) is 2.87. The number of rotatable bonds is 5. The second-order valence-electron chi connectivity index (χ2n) is 4.59. The predicted octanol–water partition coefficient (Wildman–Crippen LogP) is 3.22.